The van der Waals surface area contributed by atoms with Crippen LogP contribution in [0.25, 0.3) is 11.4 Å². The molecule has 0 bridgehead atoms. The quantitative estimate of drug-likeness (QED) is 0.504. The van der Waals surface area contributed by atoms with Crippen LogP contribution in [0.4, 0.5) is 10.1 Å². The van der Waals surface area contributed by atoms with Gasteiger partial charge in [0.1, 0.15) is 12.4 Å². The Hall–Kier alpha value is -2.75. The van der Waals surface area contributed by atoms with Crippen LogP contribution >= 0.6 is 23.8 Å². The van der Waals surface area contributed by atoms with E-state index in [-0.39, 0.29) is 37.0 Å². The van der Waals surface area contributed by atoms with Crippen molar-refractivity contribution >= 4 is 35.4 Å². The normalized spacial score (nSPS) is 18.4. The molecule has 174 valence electrons. The average molecular weight is 490 g/mol. The van der Waals surface area contributed by atoms with E-state index in [9.17, 15) is 9.18 Å². The van der Waals surface area contributed by atoms with E-state index in [1.807, 2.05) is 36.9 Å². The summed E-state index contributed by atoms with van der Waals surface area (Å²) in [6.07, 6.45) is 0.0825. The van der Waals surface area contributed by atoms with Crippen molar-refractivity contribution in [3.8, 4) is 11.4 Å². The number of morpholine rings is 1. The summed E-state index contributed by atoms with van der Waals surface area (Å²) in [6, 6.07) is 12.1. The smallest absolute Gasteiger partial charge is 0.240 e. The molecule has 1 aliphatic rings. The van der Waals surface area contributed by atoms with E-state index in [0.29, 0.717) is 40.0 Å². The lowest BCUT2D eigenvalue weighted by Gasteiger charge is -2.37. The minimum Gasteiger partial charge on any atom is -0.372 e. The molecular formula is C23H25ClFN5O2S. The first-order valence-corrected chi connectivity index (χ1v) is 11.5. The highest BCUT2D eigenvalue weighted by atomic mass is 35.5. The highest BCUT2D eigenvalue weighted by Crippen LogP contribution is 2.25. The number of anilines is 1. The number of aromatic nitrogens is 3. The number of halogens is 2. The van der Waals surface area contributed by atoms with Gasteiger partial charge in [0.2, 0.25) is 5.91 Å². The van der Waals surface area contributed by atoms with E-state index < -0.39 is 0 Å². The Labute approximate surface area is 201 Å². The van der Waals surface area contributed by atoms with Crippen LogP contribution in [-0.2, 0) is 22.6 Å². The molecule has 1 amide bonds. The molecule has 2 unspecified atom stereocenters. The Morgan fingerprint density at radius 3 is 2.61 bits per heavy atom. The summed E-state index contributed by atoms with van der Waals surface area (Å²) in [5.74, 6) is -0.0377. The highest BCUT2D eigenvalue weighted by molar-refractivity contribution is 7.71. The van der Waals surface area contributed by atoms with Gasteiger partial charge in [-0.05, 0) is 68.0 Å². The van der Waals surface area contributed by atoms with Crippen LogP contribution in [-0.4, -0.2) is 46.0 Å². The molecule has 10 heteroatoms. The number of nitrogens with one attached hydrogen (secondary N) is 2. The van der Waals surface area contributed by atoms with E-state index in [1.165, 1.54) is 6.07 Å². The van der Waals surface area contributed by atoms with Crippen LogP contribution in [0.2, 0.25) is 5.02 Å². The van der Waals surface area contributed by atoms with Gasteiger partial charge in [0.05, 0.1) is 17.9 Å². The number of amides is 1. The summed E-state index contributed by atoms with van der Waals surface area (Å²) in [5, 5.41) is 10.4. The number of H-pyrrole nitrogens is 1. The standard InChI is InChI=1S/C23H25ClFN5O2S/c1-14-11-29(12-15(2)32-14)20-8-3-16(9-19(20)25)10-26-21(31)13-30-22(27-28-23(30)33)17-4-6-18(24)7-5-17/h3-9,14-15H,10-13H2,1-2H3,(H,26,31)(H,28,33). The molecular weight excluding hydrogens is 465 g/mol. The predicted molar refractivity (Wildman–Crippen MR) is 128 cm³/mol. The molecule has 0 spiro atoms. The van der Waals surface area contributed by atoms with Crippen molar-refractivity contribution in [3.05, 3.63) is 63.6 Å². The van der Waals surface area contributed by atoms with E-state index in [1.54, 1.807) is 22.8 Å². The largest absolute Gasteiger partial charge is 0.372 e. The summed E-state index contributed by atoms with van der Waals surface area (Å²) in [4.78, 5) is 14.6. The van der Waals surface area contributed by atoms with E-state index in [0.717, 1.165) is 5.56 Å². The van der Waals surface area contributed by atoms with Crippen molar-refractivity contribution in [2.24, 2.45) is 0 Å². The van der Waals surface area contributed by atoms with Crippen LogP contribution in [0.3, 0.4) is 0 Å². The van der Waals surface area contributed by atoms with Gasteiger partial charge in [-0.15, -0.1) is 0 Å². The van der Waals surface area contributed by atoms with Crippen molar-refractivity contribution < 1.29 is 13.9 Å². The van der Waals surface area contributed by atoms with Crippen LogP contribution in [0.15, 0.2) is 42.5 Å². The fourth-order valence-corrected chi connectivity index (χ4v) is 4.30. The van der Waals surface area contributed by atoms with Crippen LogP contribution in [0.5, 0.6) is 0 Å². The molecule has 33 heavy (non-hydrogen) atoms. The third kappa shape index (κ3) is 5.61. The zero-order valence-electron chi connectivity index (χ0n) is 18.3. The molecule has 2 heterocycles. The molecule has 1 fully saturated rings. The SMILES string of the molecule is CC1CN(c2ccc(CNC(=O)Cn3c(-c4ccc(Cl)cc4)n[nH]c3=S)cc2F)CC(C)O1. The molecule has 2 aromatic carbocycles. The Balaban J connectivity index is 1.40. The van der Waals surface area contributed by atoms with Gasteiger partial charge in [-0.3, -0.25) is 14.5 Å². The van der Waals surface area contributed by atoms with Gasteiger partial charge in [0.25, 0.3) is 0 Å². The summed E-state index contributed by atoms with van der Waals surface area (Å²) < 4.78 is 22.5. The van der Waals surface area contributed by atoms with Gasteiger partial charge >= 0.3 is 0 Å². The van der Waals surface area contributed by atoms with Crippen molar-refractivity contribution in [3.63, 3.8) is 0 Å². The summed E-state index contributed by atoms with van der Waals surface area (Å²) in [6.45, 7) is 5.42. The molecule has 4 rings (SSSR count). The fourth-order valence-electron chi connectivity index (χ4n) is 3.98. The molecule has 0 radical (unpaired) electrons. The van der Waals surface area contributed by atoms with Crippen molar-refractivity contribution in [1.82, 2.24) is 20.1 Å². The van der Waals surface area contributed by atoms with E-state index in [2.05, 4.69) is 15.5 Å². The Bertz CT molecular complexity index is 1190. The van der Waals surface area contributed by atoms with Gasteiger partial charge in [-0.25, -0.2) is 4.39 Å². The number of benzene rings is 2. The number of ether oxygens (including phenoxy) is 1. The zero-order chi connectivity index (χ0) is 23.5. The lowest BCUT2D eigenvalue weighted by Crippen LogP contribution is -2.45. The molecule has 1 saturated heterocycles. The van der Waals surface area contributed by atoms with E-state index in [4.69, 9.17) is 28.6 Å². The molecule has 1 aromatic heterocycles. The average Bonchev–Trinajstić information content (AvgIpc) is 3.12. The van der Waals surface area contributed by atoms with Gasteiger partial charge in [0.15, 0.2) is 10.6 Å². The van der Waals surface area contributed by atoms with Gasteiger partial charge in [0, 0.05) is 30.2 Å². The second kappa shape index (κ2) is 10.0. The first kappa shape index (κ1) is 23.4. The van der Waals surface area contributed by atoms with Crippen molar-refractivity contribution in [2.45, 2.75) is 39.1 Å². The zero-order valence-corrected chi connectivity index (χ0v) is 19.9. The minimum atomic E-state index is -0.315. The molecule has 0 aliphatic carbocycles. The number of hydrogen-bond acceptors (Lipinski definition) is 5. The predicted octanol–water partition coefficient (Wildman–Crippen LogP) is 4.33. The summed E-state index contributed by atoms with van der Waals surface area (Å²) in [7, 11) is 0. The van der Waals surface area contributed by atoms with E-state index >= 15 is 0 Å². The maximum Gasteiger partial charge on any atom is 0.240 e. The summed E-state index contributed by atoms with van der Waals surface area (Å²) in [5.41, 5.74) is 2.00. The monoisotopic (exact) mass is 489 g/mol. The number of aromatic amines is 1. The molecule has 2 atom stereocenters. The number of carbonyl (C=O) groups excluding carboxylic acids is 1. The highest BCUT2D eigenvalue weighted by Gasteiger charge is 2.24. The molecule has 1 aliphatic heterocycles. The van der Waals surface area contributed by atoms with Gasteiger partial charge < -0.3 is 15.0 Å². The first-order valence-electron chi connectivity index (χ1n) is 10.7. The number of nitrogens with zero attached hydrogens (tertiary/aromatic N) is 3. The van der Waals surface area contributed by atoms with Crippen LogP contribution < -0.4 is 10.2 Å². The summed E-state index contributed by atoms with van der Waals surface area (Å²) >= 11 is 11.2. The number of carbonyl (C=O) groups is 1. The topological polar surface area (TPSA) is 75.2 Å². The second-order valence-corrected chi connectivity index (χ2v) is 8.99. The van der Waals surface area contributed by atoms with Crippen molar-refractivity contribution in [2.75, 3.05) is 18.0 Å². The van der Waals surface area contributed by atoms with Crippen LogP contribution in [0.1, 0.15) is 19.4 Å². The lowest BCUT2D eigenvalue weighted by atomic mass is 10.1. The second-order valence-electron chi connectivity index (χ2n) is 8.17. The first-order chi connectivity index (χ1) is 15.8. The third-order valence-corrected chi connectivity index (χ3v) is 5.99. The Kier molecular flexibility index (Phi) is 7.11. The Morgan fingerprint density at radius 1 is 1.24 bits per heavy atom. The molecule has 2 N–H and O–H groups in total. The maximum atomic E-state index is 14.8. The fraction of sp³-hybridized carbons (Fsp3) is 0.348. The maximum absolute atomic E-state index is 14.8. The van der Waals surface area contributed by atoms with Gasteiger partial charge in [-0.2, -0.15) is 5.10 Å². The Morgan fingerprint density at radius 2 is 1.94 bits per heavy atom. The van der Waals surface area contributed by atoms with Crippen molar-refractivity contribution in [1.29, 1.82) is 0 Å². The number of hydrogen-bond donors (Lipinski definition) is 2. The minimum absolute atomic E-state index is 0.0165. The van der Waals surface area contributed by atoms with Crippen LogP contribution in [0, 0.1) is 10.6 Å². The third-order valence-electron chi connectivity index (χ3n) is 5.42. The lowest BCUT2D eigenvalue weighted by molar-refractivity contribution is -0.121. The molecule has 0 saturated carbocycles. The molecule has 3 aromatic rings. The molecule has 7 nitrogen and oxygen atoms in total. The van der Waals surface area contributed by atoms with Gasteiger partial charge in [-0.1, -0.05) is 17.7 Å². The number of rotatable bonds is 6.